The fourth-order valence-corrected chi connectivity index (χ4v) is 3.90. The van der Waals surface area contributed by atoms with Crippen LogP contribution in [0.2, 0.25) is 0 Å². The van der Waals surface area contributed by atoms with Crippen molar-refractivity contribution in [3.8, 4) is 0 Å². The molecule has 3 N–H and O–H groups in total. The highest BCUT2D eigenvalue weighted by atomic mass is 16.2. The number of carbonyl (C=O) groups is 2. The van der Waals surface area contributed by atoms with E-state index in [9.17, 15) is 9.59 Å². The summed E-state index contributed by atoms with van der Waals surface area (Å²) in [7, 11) is 0. The second-order valence-electron chi connectivity index (χ2n) is 9.13. The molecule has 0 spiro atoms. The lowest BCUT2D eigenvalue weighted by atomic mass is 10.1. The molecule has 0 aliphatic heterocycles. The maximum absolute atomic E-state index is 12.4. The van der Waals surface area contributed by atoms with Gasteiger partial charge in [0, 0.05) is 28.9 Å². The topological polar surface area (TPSA) is 99.2 Å². The molecule has 3 aromatic rings. The molecular formula is C27H36N6O2. The average molecular weight is 477 g/mol. The zero-order valence-electron chi connectivity index (χ0n) is 21.1. The highest BCUT2D eigenvalue weighted by Crippen LogP contribution is 2.26. The standard InChI is InChI=1S/C27H36N6O2/c1-5-13-33(14-6-2)17-26(35)30-20-7-9-21(10-8-20)32-27-23-16-22(31-25(34)15-19(3)4)11-12-24(23)28-18-29-27/h7-12,16,18-19H,5-6,13-15,17H2,1-4H3,(H,30,35)(H,31,34)(H,28,29,32). The molecule has 0 aliphatic rings. The summed E-state index contributed by atoms with van der Waals surface area (Å²) in [6.07, 6.45) is 4.02. The number of nitrogens with one attached hydrogen (secondary N) is 3. The minimum atomic E-state index is -0.0177. The summed E-state index contributed by atoms with van der Waals surface area (Å²) in [5.41, 5.74) is 3.06. The van der Waals surface area contributed by atoms with E-state index in [-0.39, 0.29) is 17.7 Å². The number of carbonyl (C=O) groups excluding carboxylic acids is 2. The summed E-state index contributed by atoms with van der Waals surface area (Å²) in [4.78, 5) is 35.5. The van der Waals surface area contributed by atoms with E-state index in [1.165, 1.54) is 6.33 Å². The van der Waals surface area contributed by atoms with Gasteiger partial charge in [-0.1, -0.05) is 27.7 Å². The smallest absolute Gasteiger partial charge is 0.238 e. The summed E-state index contributed by atoms with van der Waals surface area (Å²) in [5, 5.41) is 10.0. The second kappa shape index (κ2) is 12.8. The van der Waals surface area contributed by atoms with E-state index in [2.05, 4.69) is 44.7 Å². The number of benzene rings is 2. The van der Waals surface area contributed by atoms with Gasteiger partial charge in [-0.3, -0.25) is 14.5 Å². The highest BCUT2D eigenvalue weighted by molar-refractivity contribution is 5.97. The third-order valence-electron chi connectivity index (χ3n) is 5.39. The van der Waals surface area contributed by atoms with Gasteiger partial charge in [-0.05, 0) is 74.3 Å². The van der Waals surface area contributed by atoms with Crippen LogP contribution < -0.4 is 16.0 Å². The van der Waals surface area contributed by atoms with Gasteiger partial charge in [0.05, 0.1) is 12.1 Å². The van der Waals surface area contributed by atoms with Gasteiger partial charge in [0.2, 0.25) is 11.8 Å². The number of hydrogen-bond donors (Lipinski definition) is 3. The third-order valence-corrected chi connectivity index (χ3v) is 5.39. The normalized spacial score (nSPS) is 11.1. The second-order valence-corrected chi connectivity index (χ2v) is 9.13. The number of fused-ring (bicyclic) bond motifs is 1. The van der Waals surface area contributed by atoms with Gasteiger partial charge in [-0.15, -0.1) is 0 Å². The Morgan fingerprint density at radius 2 is 1.49 bits per heavy atom. The Morgan fingerprint density at radius 3 is 2.14 bits per heavy atom. The van der Waals surface area contributed by atoms with Gasteiger partial charge in [-0.2, -0.15) is 0 Å². The molecule has 1 aromatic heterocycles. The first-order valence-corrected chi connectivity index (χ1v) is 12.3. The molecule has 0 bridgehead atoms. The predicted molar refractivity (Wildman–Crippen MR) is 143 cm³/mol. The molecule has 35 heavy (non-hydrogen) atoms. The van der Waals surface area contributed by atoms with Crippen LogP contribution in [0.1, 0.15) is 47.0 Å². The van der Waals surface area contributed by atoms with Crippen molar-refractivity contribution < 1.29 is 9.59 Å². The Morgan fingerprint density at radius 1 is 0.857 bits per heavy atom. The van der Waals surface area contributed by atoms with Crippen molar-refractivity contribution in [2.24, 2.45) is 5.92 Å². The van der Waals surface area contributed by atoms with E-state index >= 15 is 0 Å². The summed E-state index contributed by atoms with van der Waals surface area (Å²) < 4.78 is 0. The molecule has 2 amide bonds. The maximum atomic E-state index is 12.4. The SMILES string of the molecule is CCCN(CCC)CC(=O)Nc1ccc(Nc2ncnc3ccc(NC(=O)CC(C)C)cc23)cc1. The monoisotopic (exact) mass is 476 g/mol. The molecule has 0 aliphatic carbocycles. The number of amides is 2. The first-order chi connectivity index (χ1) is 16.9. The van der Waals surface area contributed by atoms with Crippen LogP contribution in [0.15, 0.2) is 48.8 Å². The molecule has 0 radical (unpaired) electrons. The Balaban J connectivity index is 1.68. The molecule has 8 heteroatoms. The molecule has 0 atom stereocenters. The molecule has 0 saturated carbocycles. The minimum Gasteiger partial charge on any atom is -0.340 e. The van der Waals surface area contributed by atoms with Gasteiger partial charge < -0.3 is 16.0 Å². The molecule has 2 aromatic carbocycles. The average Bonchev–Trinajstić information content (AvgIpc) is 2.80. The zero-order valence-corrected chi connectivity index (χ0v) is 21.1. The fourth-order valence-electron chi connectivity index (χ4n) is 3.90. The van der Waals surface area contributed by atoms with Gasteiger partial charge in [0.1, 0.15) is 12.1 Å². The lowest BCUT2D eigenvalue weighted by Crippen LogP contribution is -2.34. The van der Waals surface area contributed by atoms with Gasteiger partial charge >= 0.3 is 0 Å². The van der Waals surface area contributed by atoms with Gasteiger partial charge in [0.25, 0.3) is 0 Å². The molecule has 3 rings (SSSR count). The van der Waals surface area contributed by atoms with Crippen molar-refractivity contribution in [2.75, 3.05) is 35.6 Å². The summed E-state index contributed by atoms with van der Waals surface area (Å²) in [6.45, 7) is 10.5. The van der Waals surface area contributed by atoms with Crippen LogP contribution in [-0.2, 0) is 9.59 Å². The molecule has 0 unspecified atom stereocenters. The van der Waals surface area contributed by atoms with Gasteiger partial charge in [-0.25, -0.2) is 9.97 Å². The van der Waals surface area contributed by atoms with Crippen LogP contribution in [-0.4, -0.2) is 46.3 Å². The van der Waals surface area contributed by atoms with Crippen LogP contribution >= 0.6 is 0 Å². The van der Waals surface area contributed by atoms with Crippen molar-refractivity contribution in [1.29, 1.82) is 0 Å². The number of nitrogens with zero attached hydrogens (tertiary/aromatic N) is 3. The minimum absolute atomic E-state index is 0.0125. The quantitative estimate of drug-likeness (QED) is 0.323. The van der Waals surface area contributed by atoms with Crippen molar-refractivity contribution in [3.05, 3.63) is 48.8 Å². The molecule has 0 saturated heterocycles. The Bertz CT molecular complexity index is 1120. The van der Waals surface area contributed by atoms with Crippen molar-refractivity contribution in [1.82, 2.24) is 14.9 Å². The highest BCUT2D eigenvalue weighted by Gasteiger charge is 2.11. The summed E-state index contributed by atoms with van der Waals surface area (Å²) in [5.74, 6) is 0.897. The molecular weight excluding hydrogens is 440 g/mol. The first-order valence-electron chi connectivity index (χ1n) is 12.3. The lowest BCUT2D eigenvalue weighted by Gasteiger charge is -2.20. The number of hydrogen-bond acceptors (Lipinski definition) is 6. The lowest BCUT2D eigenvalue weighted by molar-refractivity contribution is -0.118. The van der Waals surface area contributed by atoms with E-state index in [4.69, 9.17) is 0 Å². The van der Waals surface area contributed by atoms with E-state index in [1.807, 2.05) is 56.3 Å². The largest absolute Gasteiger partial charge is 0.340 e. The van der Waals surface area contributed by atoms with Crippen molar-refractivity contribution in [2.45, 2.75) is 47.0 Å². The molecule has 1 heterocycles. The van der Waals surface area contributed by atoms with Crippen LogP contribution in [0.25, 0.3) is 10.9 Å². The first kappa shape index (κ1) is 26.1. The predicted octanol–water partition coefficient (Wildman–Crippen LogP) is 5.42. The maximum Gasteiger partial charge on any atom is 0.238 e. The van der Waals surface area contributed by atoms with E-state index < -0.39 is 0 Å². The number of anilines is 4. The Labute approximate surface area is 207 Å². The van der Waals surface area contributed by atoms with E-state index in [1.54, 1.807) is 0 Å². The summed E-state index contributed by atoms with van der Waals surface area (Å²) >= 11 is 0. The Hall–Kier alpha value is -3.52. The van der Waals surface area contributed by atoms with Crippen molar-refractivity contribution >= 4 is 45.6 Å². The van der Waals surface area contributed by atoms with Crippen LogP contribution in [0, 0.1) is 5.92 Å². The number of aromatic nitrogens is 2. The van der Waals surface area contributed by atoms with E-state index in [0.29, 0.717) is 24.5 Å². The van der Waals surface area contributed by atoms with Crippen LogP contribution in [0.4, 0.5) is 22.9 Å². The summed E-state index contributed by atoms with van der Waals surface area (Å²) in [6, 6.07) is 13.1. The molecule has 186 valence electrons. The van der Waals surface area contributed by atoms with Crippen LogP contribution in [0.3, 0.4) is 0 Å². The molecule has 8 nitrogen and oxygen atoms in total. The van der Waals surface area contributed by atoms with E-state index in [0.717, 1.165) is 48.2 Å². The van der Waals surface area contributed by atoms with Crippen LogP contribution in [0.5, 0.6) is 0 Å². The van der Waals surface area contributed by atoms with Crippen molar-refractivity contribution in [3.63, 3.8) is 0 Å². The fraction of sp³-hybridized carbons (Fsp3) is 0.407. The number of rotatable bonds is 12. The molecule has 0 fully saturated rings. The Kier molecular flexibility index (Phi) is 9.55. The van der Waals surface area contributed by atoms with Gasteiger partial charge in [0.15, 0.2) is 0 Å². The zero-order chi connectivity index (χ0) is 25.2. The third kappa shape index (κ3) is 8.03.